The number of aromatic nitrogens is 2. The number of fused-ring (bicyclic) bond motifs is 1. The van der Waals surface area contributed by atoms with Crippen LogP contribution in [0.5, 0.6) is 0 Å². The molecular weight excluding hydrogens is 192 g/mol. The highest BCUT2D eigenvalue weighted by Gasteiger charge is 2.01. The van der Waals surface area contributed by atoms with Crippen LogP contribution < -0.4 is 0 Å². The van der Waals surface area contributed by atoms with Gasteiger partial charge < -0.3 is 0 Å². The minimum atomic E-state index is 1.11. The van der Waals surface area contributed by atoms with E-state index in [4.69, 9.17) is 0 Å². The summed E-state index contributed by atoms with van der Waals surface area (Å²) in [6, 6.07) is 6.16. The van der Waals surface area contributed by atoms with Crippen LogP contribution in [0.15, 0.2) is 35.7 Å². The van der Waals surface area contributed by atoms with Crippen molar-refractivity contribution in [2.75, 3.05) is 5.75 Å². The van der Waals surface area contributed by atoms with Gasteiger partial charge in [-0.2, -0.15) is 0 Å². The molecule has 0 aliphatic rings. The van der Waals surface area contributed by atoms with Gasteiger partial charge in [0.05, 0.1) is 11.7 Å². The Morgan fingerprint density at radius 3 is 3.21 bits per heavy atom. The molecule has 14 heavy (non-hydrogen) atoms. The van der Waals surface area contributed by atoms with Crippen molar-refractivity contribution in [2.45, 2.75) is 24.9 Å². The lowest BCUT2D eigenvalue weighted by Gasteiger charge is -1.99. The van der Waals surface area contributed by atoms with Crippen molar-refractivity contribution in [1.82, 2.24) is 9.38 Å². The standard InChI is InChI=1S/C11H14N2S/c1-2-3-8-14-11-12-9-10-6-4-5-7-13(10)11/h4-7,9H,2-3,8H2,1H3. The molecule has 74 valence electrons. The molecule has 0 radical (unpaired) electrons. The lowest BCUT2D eigenvalue weighted by atomic mass is 10.4. The Bertz CT molecular complexity index is 408. The SMILES string of the molecule is CCCCSc1ncc2ccccn12. The second-order valence-corrected chi connectivity index (χ2v) is 4.30. The Labute approximate surface area is 88.4 Å². The largest absolute Gasteiger partial charge is 0.295 e. The average Bonchev–Trinajstić information content (AvgIpc) is 2.63. The second-order valence-electron chi connectivity index (χ2n) is 3.24. The van der Waals surface area contributed by atoms with E-state index in [2.05, 4.69) is 28.6 Å². The molecule has 2 rings (SSSR count). The lowest BCUT2D eigenvalue weighted by Crippen LogP contribution is -1.87. The third-order valence-corrected chi connectivity index (χ3v) is 3.19. The van der Waals surface area contributed by atoms with Crippen molar-refractivity contribution in [1.29, 1.82) is 0 Å². The molecule has 2 aromatic rings. The van der Waals surface area contributed by atoms with E-state index in [1.165, 1.54) is 18.4 Å². The van der Waals surface area contributed by atoms with Gasteiger partial charge in [-0.1, -0.05) is 31.2 Å². The van der Waals surface area contributed by atoms with Crippen LogP contribution in [0.1, 0.15) is 19.8 Å². The molecule has 0 aromatic carbocycles. The molecule has 0 saturated heterocycles. The number of nitrogens with zero attached hydrogens (tertiary/aromatic N) is 2. The van der Waals surface area contributed by atoms with Gasteiger partial charge in [0.15, 0.2) is 5.16 Å². The quantitative estimate of drug-likeness (QED) is 0.564. The number of unbranched alkanes of at least 4 members (excludes halogenated alkanes) is 1. The molecule has 0 spiro atoms. The van der Waals surface area contributed by atoms with Gasteiger partial charge in [0.2, 0.25) is 0 Å². The first-order valence-electron chi connectivity index (χ1n) is 4.96. The monoisotopic (exact) mass is 206 g/mol. The molecule has 2 nitrogen and oxygen atoms in total. The fourth-order valence-electron chi connectivity index (χ4n) is 1.33. The topological polar surface area (TPSA) is 17.3 Å². The molecule has 3 heteroatoms. The average molecular weight is 206 g/mol. The van der Waals surface area contributed by atoms with E-state index in [1.54, 1.807) is 0 Å². The first-order valence-corrected chi connectivity index (χ1v) is 5.95. The molecule has 0 atom stereocenters. The first-order chi connectivity index (χ1) is 6.92. The van der Waals surface area contributed by atoms with E-state index in [0.29, 0.717) is 0 Å². The third kappa shape index (κ3) is 1.93. The second kappa shape index (κ2) is 4.51. The van der Waals surface area contributed by atoms with E-state index in [1.807, 2.05) is 30.1 Å². The summed E-state index contributed by atoms with van der Waals surface area (Å²) in [5, 5.41) is 1.11. The molecule has 0 unspecified atom stereocenters. The Hall–Kier alpha value is -0.960. The zero-order valence-corrected chi connectivity index (χ0v) is 9.13. The van der Waals surface area contributed by atoms with Crippen molar-refractivity contribution in [2.24, 2.45) is 0 Å². The van der Waals surface area contributed by atoms with Gasteiger partial charge in [-0.3, -0.25) is 4.40 Å². The molecule has 2 heterocycles. The van der Waals surface area contributed by atoms with Gasteiger partial charge in [0.25, 0.3) is 0 Å². The Kier molecular flexibility index (Phi) is 3.09. The molecule has 0 fully saturated rings. The maximum absolute atomic E-state index is 4.39. The number of pyridine rings is 1. The van der Waals surface area contributed by atoms with Crippen LogP contribution in [0, 0.1) is 0 Å². The highest BCUT2D eigenvalue weighted by atomic mass is 32.2. The van der Waals surface area contributed by atoms with Crippen molar-refractivity contribution < 1.29 is 0 Å². The number of hydrogen-bond donors (Lipinski definition) is 0. The third-order valence-electron chi connectivity index (χ3n) is 2.13. The molecule has 0 aliphatic carbocycles. The van der Waals surface area contributed by atoms with Crippen LogP contribution in [0.3, 0.4) is 0 Å². The van der Waals surface area contributed by atoms with E-state index < -0.39 is 0 Å². The summed E-state index contributed by atoms with van der Waals surface area (Å²) < 4.78 is 2.14. The van der Waals surface area contributed by atoms with E-state index >= 15 is 0 Å². The van der Waals surface area contributed by atoms with Gasteiger partial charge in [0, 0.05) is 11.9 Å². The van der Waals surface area contributed by atoms with E-state index in [9.17, 15) is 0 Å². The number of thioether (sulfide) groups is 1. The van der Waals surface area contributed by atoms with Crippen molar-refractivity contribution in [3.8, 4) is 0 Å². The molecule has 0 saturated carbocycles. The molecule has 0 amide bonds. The van der Waals surface area contributed by atoms with Gasteiger partial charge >= 0.3 is 0 Å². The van der Waals surface area contributed by atoms with Gasteiger partial charge in [0.1, 0.15) is 0 Å². The van der Waals surface area contributed by atoms with Crippen LogP contribution in [0.2, 0.25) is 0 Å². The Morgan fingerprint density at radius 2 is 2.36 bits per heavy atom. The predicted molar refractivity (Wildman–Crippen MR) is 60.8 cm³/mol. The van der Waals surface area contributed by atoms with Crippen LogP contribution in [-0.4, -0.2) is 15.1 Å². The highest BCUT2D eigenvalue weighted by molar-refractivity contribution is 7.99. The summed E-state index contributed by atoms with van der Waals surface area (Å²) in [5.74, 6) is 1.16. The molecule has 2 aromatic heterocycles. The van der Waals surface area contributed by atoms with Gasteiger partial charge in [-0.25, -0.2) is 4.98 Å². The summed E-state index contributed by atoms with van der Waals surface area (Å²) in [4.78, 5) is 4.39. The highest BCUT2D eigenvalue weighted by Crippen LogP contribution is 2.19. The number of imidazole rings is 1. The van der Waals surface area contributed by atoms with Crippen LogP contribution in [0.25, 0.3) is 5.52 Å². The minimum absolute atomic E-state index is 1.11. The fraction of sp³-hybridized carbons (Fsp3) is 0.364. The molecule has 0 bridgehead atoms. The van der Waals surface area contributed by atoms with Crippen LogP contribution >= 0.6 is 11.8 Å². The van der Waals surface area contributed by atoms with Crippen LogP contribution in [-0.2, 0) is 0 Å². The molecular formula is C11H14N2S. The smallest absolute Gasteiger partial charge is 0.172 e. The Balaban J connectivity index is 2.17. The van der Waals surface area contributed by atoms with E-state index in [0.717, 1.165) is 10.9 Å². The Morgan fingerprint density at radius 1 is 1.43 bits per heavy atom. The normalized spacial score (nSPS) is 10.9. The summed E-state index contributed by atoms with van der Waals surface area (Å²) in [5.41, 5.74) is 1.17. The summed E-state index contributed by atoms with van der Waals surface area (Å²) in [6.07, 6.45) is 6.49. The fourth-order valence-corrected chi connectivity index (χ4v) is 2.38. The maximum atomic E-state index is 4.39. The summed E-state index contributed by atoms with van der Waals surface area (Å²) in [6.45, 7) is 2.21. The summed E-state index contributed by atoms with van der Waals surface area (Å²) in [7, 11) is 0. The van der Waals surface area contributed by atoms with Crippen molar-refractivity contribution >= 4 is 17.3 Å². The van der Waals surface area contributed by atoms with E-state index in [-0.39, 0.29) is 0 Å². The van der Waals surface area contributed by atoms with Gasteiger partial charge in [-0.15, -0.1) is 0 Å². The van der Waals surface area contributed by atoms with Crippen LogP contribution in [0.4, 0.5) is 0 Å². The van der Waals surface area contributed by atoms with Gasteiger partial charge in [-0.05, 0) is 18.6 Å². The first kappa shape index (κ1) is 9.59. The number of hydrogen-bond acceptors (Lipinski definition) is 2. The predicted octanol–water partition coefficient (Wildman–Crippen LogP) is 3.23. The lowest BCUT2D eigenvalue weighted by molar-refractivity contribution is 0.887. The molecule has 0 N–H and O–H groups in total. The van der Waals surface area contributed by atoms with Crippen molar-refractivity contribution in [3.05, 3.63) is 30.6 Å². The molecule has 0 aliphatic heterocycles. The minimum Gasteiger partial charge on any atom is -0.295 e. The maximum Gasteiger partial charge on any atom is 0.172 e. The summed E-state index contributed by atoms with van der Waals surface area (Å²) >= 11 is 1.83. The zero-order chi connectivity index (χ0) is 9.80. The number of rotatable bonds is 4. The van der Waals surface area contributed by atoms with Crippen molar-refractivity contribution in [3.63, 3.8) is 0 Å². The zero-order valence-electron chi connectivity index (χ0n) is 8.31.